The second kappa shape index (κ2) is 9.59. The zero-order valence-corrected chi connectivity index (χ0v) is 20.8. The lowest BCUT2D eigenvalue weighted by molar-refractivity contribution is 0.0402. The number of halogens is 1. The van der Waals surface area contributed by atoms with E-state index in [9.17, 15) is 19.6 Å². The smallest absolute Gasteiger partial charge is 0.335 e. The number of nitriles is 1. The van der Waals surface area contributed by atoms with Gasteiger partial charge in [0, 0.05) is 25.0 Å². The number of allylic oxidation sites excluding steroid dienone is 1. The van der Waals surface area contributed by atoms with Crippen LogP contribution in [0.25, 0.3) is 12.2 Å². The number of guanidine groups is 1. The van der Waals surface area contributed by atoms with Crippen LogP contribution in [0.3, 0.4) is 0 Å². The van der Waals surface area contributed by atoms with E-state index in [0.29, 0.717) is 24.2 Å². The van der Waals surface area contributed by atoms with Gasteiger partial charge in [-0.3, -0.25) is 4.90 Å². The number of hydrogen-bond acceptors (Lipinski definition) is 7. The van der Waals surface area contributed by atoms with Crippen LogP contribution in [0.15, 0.2) is 57.2 Å². The highest BCUT2D eigenvalue weighted by Crippen LogP contribution is 2.25. The second-order valence-electron chi connectivity index (χ2n) is 9.46. The molecule has 0 radical (unpaired) electrons. The molecule has 2 aliphatic heterocycles. The van der Waals surface area contributed by atoms with Crippen molar-refractivity contribution in [3.05, 3.63) is 81.2 Å². The third-order valence-corrected chi connectivity index (χ3v) is 6.34. The lowest BCUT2D eigenvalue weighted by atomic mass is 10.1. The molecule has 0 bridgehead atoms. The molecule has 0 fully saturated rings. The Morgan fingerprint density at radius 3 is 2.89 bits per heavy atom. The summed E-state index contributed by atoms with van der Waals surface area (Å²) < 4.78 is 19.6. The van der Waals surface area contributed by atoms with E-state index < -0.39 is 18.2 Å². The second-order valence-corrected chi connectivity index (χ2v) is 9.46. The fourth-order valence-electron chi connectivity index (χ4n) is 4.76. The lowest BCUT2D eigenvalue weighted by Gasteiger charge is -2.40. The lowest BCUT2D eigenvalue weighted by Crippen LogP contribution is -2.59. The van der Waals surface area contributed by atoms with Crippen molar-refractivity contribution in [3.63, 3.8) is 0 Å². The topological polar surface area (TPSA) is 108 Å². The van der Waals surface area contributed by atoms with Crippen molar-refractivity contribution >= 4 is 24.1 Å². The highest BCUT2D eigenvalue weighted by molar-refractivity contribution is 5.99. The van der Waals surface area contributed by atoms with E-state index in [1.807, 2.05) is 56.2 Å². The number of rotatable bonds is 4. The summed E-state index contributed by atoms with van der Waals surface area (Å²) in [7, 11) is 1.88. The third kappa shape index (κ3) is 4.86. The van der Waals surface area contributed by atoms with Crippen LogP contribution in [-0.2, 0) is 6.54 Å². The summed E-state index contributed by atoms with van der Waals surface area (Å²) >= 11 is 0. The number of amides is 2. The van der Waals surface area contributed by atoms with E-state index in [1.54, 1.807) is 6.20 Å². The molecule has 2 N–H and O–H groups in total. The number of aliphatic hydroxyl groups excluding tert-OH is 1. The molecular formula is C27H27FN6O3. The van der Waals surface area contributed by atoms with E-state index in [0.717, 1.165) is 22.0 Å². The number of hydrogen-bond donors (Lipinski definition) is 2. The number of furan rings is 1. The number of aliphatic hydroxyl groups is 1. The molecule has 3 heterocycles. The summed E-state index contributed by atoms with van der Waals surface area (Å²) in [5.41, 5.74) is 2.76. The van der Waals surface area contributed by atoms with Gasteiger partial charge in [0.15, 0.2) is 0 Å². The van der Waals surface area contributed by atoms with Crippen molar-refractivity contribution < 1.29 is 18.7 Å². The zero-order chi connectivity index (χ0) is 26.3. The molecule has 190 valence electrons. The van der Waals surface area contributed by atoms with Gasteiger partial charge < -0.3 is 19.7 Å². The molecule has 2 amide bonds. The van der Waals surface area contributed by atoms with Crippen molar-refractivity contribution in [2.24, 2.45) is 4.99 Å². The molecular weight excluding hydrogens is 475 g/mol. The van der Waals surface area contributed by atoms with Crippen LogP contribution in [0.4, 0.5) is 9.18 Å². The Balaban J connectivity index is 1.51. The summed E-state index contributed by atoms with van der Waals surface area (Å²) in [6, 6.07) is 7.20. The number of fused-ring (bicyclic) bond motifs is 1. The van der Waals surface area contributed by atoms with Gasteiger partial charge in [-0.2, -0.15) is 10.3 Å². The van der Waals surface area contributed by atoms with Crippen molar-refractivity contribution in [3.8, 4) is 6.07 Å². The first kappa shape index (κ1) is 24.3. The van der Waals surface area contributed by atoms with E-state index in [4.69, 9.17) is 4.42 Å². The summed E-state index contributed by atoms with van der Waals surface area (Å²) in [6.07, 6.45) is 6.72. The maximum Gasteiger partial charge on any atom is 0.335 e. The van der Waals surface area contributed by atoms with Crippen LogP contribution in [0, 0.1) is 24.1 Å². The molecule has 2 atom stereocenters. The first-order valence-electron chi connectivity index (χ1n) is 11.9. The summed E-state index contributed by atoms with van der Waals surface area (Å²) in [5.74, 6) is 0.352. The SMILES string of the molecule is CC1=CC(N2C(=O)N(Cc3ccc(F)c(C#N)c3)C(NC3C=c4cc(C)oc4=CC3)=NC2O)=CN(C)C1. The first-order chi connectivity index (χ1) is 17.7. The van der Waals surface area contributed by atoms with E-state index in [-0.39, 0.29) is 24.1 Å². The Morgan fingerprint density at radius 2 is 2.14 bits per heavy atom. The summed E-state index contributed by atoms with van der Waals surface area (Å²) in [6.45, 7) is 4.55. The van der Waals surface area contributed by atoms with Crippen molar-refractivity contribution in [1.82, 2.24) is 20.0 Å². The molecule has 2 aromatic rings. The monoisotopic (exact) mass is 502 g/mol. The number of benzene rings is 1. The van der Waals surface area contributed by atoms with Crippen molar-refractivity contribution in [2.75, 3.05) is 13.6 Å². The van der Waals surface area contributed by atoms with Crippen molar-refractivity contribution in [1.29, 1.82) is 5.26 Å². The number of carbonyl (C=O) groups excluding carboxylic acids is 1. The zero-order valence-electron chi connectivity index (χ0n) is 20.8. The molecule has 9 nitrogen and oxygen atoms in total. The summed E-state index contributed by atoms with van der Waals surface area (Å²) in [4.78, 5) is 22.8. The third-order valence-electron chi connectivity index (χ3n) is 6.34. The number of nitrogens with zero attached hydrogens (tertiary/aromatic N) is 5. The van der Waals surface area contributed by atoms with Crippen molar-refractivity contribution in [2.45, 2.75) is 39.2 Å². The Morgan fingerprint density at radius 1 is 1.32 bits per heavy atom. The maximum atomic E-state index is 13.9. The molecule has 37 heavy (non-hydrogen) atoms. The molecule has 5 rings (SSSR count). The van der Waals surface area contributed by atoms with Gasteiger partial charge in [-0.25, -0.2) is 14.1 Å². The molecule has 1 aliphatic carbocycles. The van der Waals surface area contributed by atoms with E-state index in [1.165, 1.54) is 28.0 Å². The maximum absolute atomic E-state index is 13.9. The minimum absolute atomic E-state index is 0.0150. The number of nitrogens with one attached hydrogen (secondary N) is 1. The van der Waals surface area contributed by atoms with Gasteiger partial charge in [0.1, 0.15) is 23.1 Å². The van der Waals surface area contributed by atoms with Crippen LogP contribution < -0.4 is 16.0 Å². The Kier molecular flexibility index (Phi) is 6.31. The predicted octanol–water partition coefficient (Wildman–Crippen LogP) is 1.82. The molecule has 1 aromatic carbocycles. The Hall–Kier alpha value is -4.36. The quantitative estimate of drug-likeness (QED) is 0.661. The summed E-state index contributed by atoms with van der Waals surface area (Å²) in [5, 5.41) is 24.4. The standard InChI is InChI=1S/C27H27FN6O3/c1-16-8-22(15-32(3)13-16)34-26(35)31-25(30-21-5-7-24-19(11-21)9-17(2)37-24)33(27(34)36)14-18-4-6-23(28)20(10-18)12-29/h4,6-11,15,21,26,35H,5,13-14H2,1-3H3,(H,30,31). The van der Waals surface area contributed by atoms with Gasteiger partial charge in [0.25, 0.3) is 0 Å². The van der Waals surface area contributed by atoms with Crippen LogP contribution in [-0.4, -0.2) is 57.8 Å². The number of carbonyl (C=O) groups is 1. The normalized spacial score (nSPS) is 21.2. The van der Waals surface area contributed by atoms with Crippen LogP contribution in [0.1, 0.15) is 30.2 Å². The average Bonchev–Trinajstić information content (AvgIpc) is 3.21. The molecule has 1 aromatic heterocycles. The molecule has 0 spiro atoms. The minimum atomic E-state index is -1.45. The number of urea groups is 1. The number of aliphatic imine (C=N–C) groups is 1. The minimum Gasteiger partial charge on any atom is -0.462 e. The van der Waals surface area contributed by atoms with Crippen LogP contribution >= 0.6 is 0 Å². The highest BCUT2D eigenvalue weighted by Gasteiger charge is 2.38. The largest absolute Gasteiger partial charge is 0.462 e. The molecule has 2 unspecified atom stereocenters. The average molecular weight is 503 g/mol. The number of likely N-dealkylation sites (N-methyl/N-ethyl adjacent to an activating group) is 1. The van der Waals surface area contributed by atoms with Gasteiger partial charge in [-0.1, -0.05) is 17.7 Å². The van der Waals surface area contributed by atoms with E-state index in [2.05, 4.69) is 10.3 Å². The Labute approximate surface area is 213 Å². The number of aryl methyl sites for hydroxylation is 1. The van der Waals surface area contributed by atoms with E-state index >= 15 is 0 Å². The molecule has 0 saturated heterocycles. The Bertz CT molecular complexity index is 1520. The molecule has 3 aliphatic rings. The van der Waals surface area contributed by atoms with Gasteiger partial charge in [0.05, 0.1) is 23.8 Å². The molecule has 0 saturated carbocycles. The van der Waals surface area contributed by atoms with Crippen LogP contribution in [0.2, 0.25) is 0 Å². The van der Waals surface area contributed by atoms with Gasteiger partial charge in [-0.05, 0) is 56.2 Å². The first-order valence-corrected chi connectivity index (χ1v) is 11.9. The predicted molar refractivity (Wildman–Crippen MR) is 135 cm³/mol. The van der Waals surface area contributed by atoms with Gasteiger partial charge in [-0.15, -0.1) is 0 Å². The molecule has 10 heteroatoms. The fourth-order valence-corrected chi connectivity index (χ4v) is 4.76. The highest BCUT2D eigenvalue weighted by atomic mass is 19.1. The van der Waals surface area contributed by atoms with Gasteiger partial charge >= 0.3 is 6.03 Å². The fraction of sp³-hybridized carbons (Fsp3) is 0.296. The van der Waals surface area contributed by atoms with Crippen LogP contribution in [0.5, 0.6) is 0 Å². The van der Waals surface area contributed by atoms with Gasteiger partial charge in [0.2, 0.25) is 12.3 Å².